The number of hydrogen-bond acceptors (Lipinski definition) is 8. The van der Waals surface area contributed by atoms with Gasteiger partial charge in [-0.25, -0.2) is 9.48 Å². The van der Waals surface area contributed by atoms with Crippen LogP contribution in [0, 0.1) is 0 Å². The molecular weight excluding hydrogens is 382 g/mol. The highest BCUT2D eigenvalue weighted by atomic mass is 16.6. The molecule has 152 valence electrons. The minimum Gasteiger partial charge on any atom is -0.394 e. The van der Waals surface area contributed by atoms with Crippen LogP contribution in [0.15, 0.2) is 52.3 Å². The number of aromatic amines is 1. The molecule has 1 aliphatic heterocycles. The topological polar surface area (TPSA) is 155 Å². The third kappa shape index (κ3) is 3.63. The van der Waals surface area contributed by atoms with E-state index in [9.17, 15) is 24.9 Å². The van der Waals surface area contributed by atoms with E-state index >= 15 is 0 Å². The third-order valence-electron chi connectivity index (χ3n) is 4.76. The molecule has 4 rings (SSSR count). The SMILES string of the molecule is O=c1[nH]c(=O)n([C@@H]2O[C@H](CO)[C@@H](O)[C@H]2O)cc1-c1cn(Cc2ccccc2)nn1. The molecule has 1 aromatic carbocycles. The number of rotatable bonds is 5. The number of H-pyrrole nitrogens is 1. The van der Waals surface area contributed by atoms with E-state index in [4.69, 9.17) is 4.74 Å². The second-order valence-electron chi connectivity index (χ2n) is 6.73. The summed E-state index contributed by atoms with van der Waals surface area (Å²) in [5.74, 6) is 0. The summed E-state index contributed by atoms with van der Waals surface area (Å²) >= 11 is 0. The predicted molar refractivity (Wildman–Crippen MR) is 98.9 cm³/mol. The molecule has 1 fully saturated rings. The maximum atomic E-state index is 12.3. The van der Waals surface area contributed by atoms with Gasteiger partial charge in [0.25, 0.3) is 5.56 Å². The van der Waals surface area contributed by atoms with Crippen LogP contribution in [0.25, 0.3) is 11.3 Å². The number of aliphatic hydroxyl groups is 3. The number of aromatic nitrogens is 5. The fraction of sp³-hybridized carbons (Fsp3) is 0.333. The molecule has 0 unspecified atom stereocenters. The van der Waals surface area contributed by atoms with Crippen LogP contribution in [0.4, 0.5) is 0 Å². The van der Waals surface area contributed by atoms with Gasteiger partial charge in [0.05, 0.1) is 24.9 Å². The molecule has 1 aliphatic rings. The molecule has 11 heteroatoms. The summed E-state index contributed by atoms with van der Waals surface area (Å²) in [5.41, 5.74) is -0.242. The lowest BCUT2D eigenvalue weighted by molar-refractivity contribution is -0.0549. The van der Waals surface area contributed by atoms with Gasteiger partial charge in [0, 0.05) is 6.20 Å². The number of aliphatic hydroxyl groups excluding tert-OH is 3. The third-order valence-corrected chi connectivity index (χ3v) is 4.76. The van der Waals surface area contributed by atoms with Gasteiger partial charge in [-0.1, -0.05) is 35.5 Å². The van der Waals surface area contributed by atoms with Crippen molar-refractivity contribution in [2.45, 2.75) is 31.1 Å². The summed E-state index contributed by atoms with van der Waals surface area (Å²) < 4.78 is 7.87. The molecular formula is C18H19N5O6. The van der Waals surface area contributed by atoms with Gasteiger partial charge in [-0.3, -0.25) is 14.3 Å². The first-order valence-electron chi connectivity index (χ1n) is 8.90. The van der Waals surface area contributed by atoms with Crippen molar-refractivity contribution in [2.75, 3.05) is 6.61 Å². The maximum Gasteiger partial charge on any atom is 0.330 e. The van der Waals surface area contributed by atoms with Crippen LogP contribution >= 0.6 is 0 Å². The summed E-state index contributed by atoms with van der Waals surface area (Å²) in [6, 6.07) is 9.55. The summed E-state index contributed by atoms with van der Waals surface area (Å²) in [6.07, 6.45) is -2.41. The Bertz CT molecular complexity index is 1110. The molecule has 4 N–H and O–H groups in total. The highest BCUT2D eigenvalue weighted by Gasteiger charge is 2.43. The number of benzene rings is 1. The van der Waals surface area contributed by atoms with Crippen LogP contribution in [-0.4, -0.2) is 64.8 Å². The molecule has 0 spiro atoms. The van der Waals surface area contributed by atoms with E-state index < -0.39 is 42.4 Å². The lowest BCUT2D eigenvalue weighted by Gasteiger charge is -2.17. The van der Waals surface area contributed by atoms with Gasteiger partial charge in [-0.05, 0) is 5.56 Å². The molecule has 29 heavy (non-hydrogen) atoms. The normalized spacial score (nSPS) is 24.1. The van der Waals surface area contributed by atoms with Crippen molar-refractivity contribution >= 4 is 0 Å². The van der Waals surface area contributed by atoms with E-state index in [-0.39, 0.29) is 11.3 Å². The summed E-state index contributed by atoms with van der Waals surface area (Å²) in [7, 11) is 0. The molecule has 1 saturated heterocycles. The molecule has 4 atom stereocenters. The first-order valence-corrected chi connectivity index (χ1v) is 8.90. The van der Waals surface area contributed by atoms with Crippen molar-refractivity contribution in [3.05, 3.63) is 69.1 Å². The fourth-order valence-electron chi connectivity index (χ4n) is 3.24. The predicted octanol–water partition coefficient (Wildman–Crippen LogP) is -1.55. The Morgan fingerprint density at radius 2 is 1.86 bits per heavy atom. The Kier molecular flexibility index (Phi) is 5.11. The Morgan fingerprint density at radius 1 is 1.10 bits per heavy atom. The van der Waals surface area contributed by atoms with Crippen LogP contribution in [0.3, 0.4) is 0 Å². The van der Waals surface area contributed by atoms with Gasteiger partial charge in [0.1, 0.15) is 24.0 Å². The Hall–Kier alpha value is -3.12. The second-order valence-corrected chi connectivity index (χ2v) is 6.73. The highest BCUT2D eigenvalue weighted by molar-refractivity contribution is 5.54. The van der Waals surface area contributed by atoms with Gasteiger partial charge in [0.2, 0.25) is 0 Å². The molecule has 11 nitrogen and oxygen atoms in total. The van der Waals surface area contributed by atoms with Crippen LogP contribution in [0.2, 0.25) is 0 Å². The van der Waals surface area contributed by atoms with Crippen LogP contribution < -0.4 is 11.2 Å². The van der Waals surface area contributed by atoms with Gasteiger partial charge in [0.15, 0.2) is 6.23 Å². The lowest BCUT2D eigenvalue weighted by Crippen LogP contribution is -2.38. The van der Waals surface area contributed by atoms with Crippen molar-refractivity contribution in [1.29, 1.82) is 0 Å². The second kappa shape index (κ2) is 7.72. The molecule has 0 aliphatic carbocycles. The number of ether oxygens (including phenoxy) is 1. The van der Waals surface area contributed by atoms with Crippen molar-refractivity contribution < 1.29 is 20.1 Å². The van der Waals surface area contributed by atoms with Gasteiger partial charge >= 0.3 is 5.69 Å². The summed E-state index contributed by atoms with van der Waals surface area (Å²) in [5, 5.41) is 37.3. The molecule has 2 aromatic heterocycles. The number of nitrogens with one attached hydrogen (secondary N) is 1. The fourth-order valence-corrected chi connectivity index (χ4v) is 3.24. The molecule has 0 radical (unpaired) electrons. The van der Waals surface area contributed by atoms with Crippen molar-refractivity contribution in [2.24, 2.45) is 0 Å². The quantitative estimate of drug-likeness (QED) is 0.401. The minimum absolute atomic E-state index is 0.0432. The van der Waals surface area contributed by atoms with E-state index in [0.717, 1.165) is 10.1 Å². The number of nitrogens with zero attached hydrogens (tertiary/aromatic N) is 4. The van der Waals surface area contributed by atoms with E-state index in [2.05, 4.69) is 15.3 Å². The van der Waals surface area contributed by atoms with Crippen LogP contribution in [0.5, 0.6) is 0 Å². The average molecular weight is 401 g/mol. The molecule has 0 saturated carbocycles. The van der Waals surface area contributed by atoms with Gasteiger partial charge in [-0.15, -0.1) is 5.10 Å². The lowest BCUT2D eigenvalue weighted by atomic mass is 10.1. The van der Waals surface area contributed by atoms with Gasteiger partial charge < -0.3 is 20.1 Å². The Balaban J connectivity index is 1.67. The van der Waals surface area contributed by atoms with E-state index in [0.29, 0.717) is 6.54 Å². The summed E-state index contributed by atoms with van der Waals surface area (Å²) in [6.45, 7) is -0.0896. The van der Waals surface area contributed by atoms with Crippen molar-refractivity contribution in [1.82, 2.24) is 24.5 Å². The number of hydrogen-bond donors (Lipinski definition) is 4. The molecule has 3 aromatic rings. The maximum absolute atomic E-state index is 12.3. The Morgan fingerprint density at radius 3 is 2.55 bits per heavy atom. The zero-order valence-corrected chi connectivity index (χ0v) is 15.1. The standard InChI is InChI=1S/C18H19N5O6/c24-9-13-14(25)15(26)17(29-13)23-7-11(16(27)19-18(23)28)12-8-22(21-20-12)6-10-4-2-1-3-5-10/h1-5,7-8,13-15,17,24-26H,6,9H2,(H,19,27,28)/t13-,14-,15-,17-/m1/s1. The van der Waals surface area contributed by atoms with Gasteiger partial charge in [-0.2, -0.15) is 0 Å². The van der Waals surface area contributed by atoms with E-state index in [1.54, 1.807) is 10.9 Å². The van der Waals surface area contributed by atoms with Crippen LogP contribution in [0.1, 0.15) is 11.8 Å². The summed E-state index contributed by atoms with van der Waals surface area (Å²) in [4.78, 5) is 26.7. The smallest absolute Gasteiger partial charge is 0.330 e. The Labute approximate surface area is 163 Å². The van der Waals surface area contributed by atoms with E-state index in [1.807, 2.05) is 30.3 Å². The monoisotopic (exact) mass is 401 g/mol. The van der Waals surface area contributed by atoms with Crippen LogP contribution in [-0.2, 0) is 11.3 Å². The van der Waals surface area contributed by atoms with E-state index in [1.165, 1.54) is 6.20 Å². The average Bonchev–Trinajstić information content (AvgIpc) is 3.28. The molecule has 0 amide bonds. The van der Waals surface area contributed by atoms with Crippen molar-refractivity contribution in [3.8, 4) is 11.3 Å². The highest BCUT2D eigenvalue weighted by Crippen LogP contribution is 2.28. The van der Waals surface area contributed by atoms with Crippen molar-refractivity contribution in [3.63, 3.8) is 0 Å². The zero-order valence-electron chi connectivity index (χ0n) is 15.1. The first-order chi connectivity index (χ1) is 14.0. The largest absolute Gasteiger partial charge is 0.394 e. The zero-order chi connectivity index (χ0) is 20.5. The first kappa shape index (κ1) is 19.2. The molecule has 0 bridgehead atoms. The molecule has 3 heterocycles. The minimum atomic E-state index is -1.46.